The first kappa shape index (κ1) is 22.4. The van der Waals surface area contributed by atoms with Gasteiger partial charge in [0.25, 0.3) is 11.6 Å². The highest BCUT2D eigenvalue weighted by molar-refractivity contribution is 5.99. The minimum absolute atomic E-state index is 0.109. The highest BCUT2D eigenvalue weighted by atomic mass is 16.6. The van der Waals surface area contributed by atoms with Crippen molar-refractivity contribution in [1.82, 2.24) is 4.90 Å². The molecule has 1 aromatic rings. The smallest absolute Gasteiger partial charge is 0.305 e. The number of rotatable bonds is 9. The molecule has 1 aliphatic heterocycles. The molecular weight excluding hydrogens is 384 g/mol. The third-order valence-electron chi connectivity index (χ3n) is 4.82. The first-order valence-electron chi connectivity index (χ1n) is 9.40. The Kier molecular flexibility index (Phi) is 8.20. The number of aliphatic hydroxyl groups excluding tert-OH is 1. The number of aliphatic hydroxyl groups is 1. The SMILES string of the molecule is COC(=O)CCCOc1cc([N+](=O)[O-])c(C(=O)N2CCCCC2CO)cc1OC. The van der Waals surface area contributed by atoms with Gasteiger partial charge in [-0.05, 0) is 25.7 Å². The van der Waals surface area contributed by atoms with Crippen LogP contribution >= 0.6 is 0 Å². The average molecular weight is 410 g/mol. The van der Waals surface area contributed by atoms with Crippen LogP contribution in [0.2, 0.25) is 0 Å². The van der Waals surface area contributed by atoms with E-state index in [0.29, 0.717) is 19.4 Å². The van der Waals surface area contributed by atoms with Crippen LogP contribution in [-0.2, 0) is 9.53 Å². The van der Waals surface area contributed by atoms with Crippen molar-refractivity contribution in [3.63, 3.8) is 0 Å². The van der Waals surface area contributed by atoms with Gasteiger partial charge in [-0.1, -0.05) is 0 Å². The number of hydrogen-bond donors (Lipinski definition) is 1. The van der Waals surface area contributed by atoms with Gasteiger partial charge < -0.3 is 24.2 Å². The third-order valence-corrected chi connectivity index (χ3v) is 4.82. The molecule has 10 heteroatoms. The van der Waals surface area contributed by atoms with Gasteiger partial charge in [0.1, 0.15) is 5.56 Å². The molecule has 29 heavy (non-hydrogen) atoms. The summed E-state index contributed by atoms with van der Waals surface area (Å²) >= 11 is 0. The van der Waals surface area contributed by atoms with Gasteiger partial charge in [0.15, 0.2) is 11.5 Å². The maximum atomic E-state index is 13.0. The number of amides is 1. The molecule has 1 aromatic carbocycles. The topological polar surface area (TPSA) is 128 Å². The lowest BCUT2D eigenvalue weighted by molar-refractivity contribution is -0.385. The normalized spacial score (nSPS) is 16.2. The van der Waals surface area contributed by atoms with Crippen LogP contribution in [0.1, 0.15) is 42.5 Å². The van der Waals surface area contributed by atoms with Crippen molar-refractivity contribution >= 4 is 17.6 Å². The molecule has 1 N–H and O–H groups in total. The molecule has 1 fully saturated rings. The second kappa shape index (κ2) is 10.6. The number of nitro benzene ring substituents is 1. The number of piperidine rings is 1. The predicted molar refractivity (Wildman–Crippen MR) is 102 cm³/mol. The van der Waals surface area contributed by atoms with Gasteiger partial charge >= 0.3 is 5.97 Å². The Morgan fingerprint density at radius 1 is 1.28 bits per heavy atom. The molecule has 0 aromatic heterocycles. The number of methoxy groups -OCH3 is 2. The van der Waals surface area contributed by atoms with E-state index in [0.717, 1.165) is 18.9 Å². The fraction of sp³-hybridized carbons (Fsp3) is 0.579. The Bertz CT molecular complexity index is 752. The van der Waals surface area contributed by atoms with E-state index >= 15 is 0 Å². The molecule has 1 aliphatic rings. The van der Waals surface area contributed by atoms with E-state index in [2.05, 4.69) is 4.74 Å². The van der Waals surface area contributed by atoms with Crippen LogP contribution < -0.4 is 9.47 Å². The van der Waals surface area contributed by atoms with Crippen LogP contribution in [0.5, 0.6) is 11.5 Å². The summed E-state index contributed by atoms with van der Waals surface area (Å²) in [6.45, 7) is 0.349. The van der Waals surface area contributed by atoms with E-state index < -0.39 is 16.5 Å². The van der Waals surface area contributed by atoms with Gasteiger partial charge in [-0.25, -0.2) is 0 Å². The largest absolute Gasteiger partial charge is 0.493 e. The number of nitrogens with zero attached hydrogens (tertiary/aromatic N) is 2. The van der Waals surface area contributed by atoms with E-state index in [9.17, 15) is 24.8 Å². The van der Waals surface area contributed by atoms with Crippen LogP contribution in [0, 0.1) is 10.1 Å². The van der Waals surface area contributed by atoms with E-state index in [1.54, 1.807) is 0 Å². The maximum Gasteiger partial charge on any atom is 0.305 e. The fourth-order valence-corrected chi connectivity index (χ4v) is 3.26. The second-order valence-corrected chi connectivity index (χ2v) is 6.64. The highest BCUT2D eigenvalue weighted by Crippen LogP contribution is 2.36. The van der Waals surface area contributed by atoms with Crippen LogP contribution in [0.25, 0.3) is 0 Å². The number of nitro groups is 1. The minimum atomic E-state index is -0.647. The lowest BCUT2D eigenvalue weighted by Gasteiger charge is -2.34. The Morgan fingerprint density at radius 3 is 2.66 bits per heavy atom. The van der Waals surface area contributed by atoms with Gasteiger partial charge in [-0.3, -0.25) is 19.7 Å². The second-order valence-electron chi connectivity index (χ2n) is 6.64. The molecule has 0 spiro atoms. The molecule has 1 saturated heterocycles. The highest BCUT2D eigenvalue weighted by Gasteiger charge is 2.32. The van der Waals surface area contributed by atoms with E-state index in [1.165, 1.54) is 25.2 Å². The zero-order valence-corrected chi connectivity index (χ0v) is 16.6. The Labute approximate surface area is 168 Å². The number of hydrogen-bond acceptors (Lipinski definition) is 8. The molecule has 1 unspecified atom stereocenters. The number of benzene rings is 1. The fourth-order valence-electron chi connectivity index (χ4n) is 3.26. The molecule has 0 radical (unpaired) electrons. The number of carbonyl (C=O) groups excluding carboxylic acids is 2. The van der Waals surface area contributed by atoms with Crippen molar-refractivity contribution < 1.29 is 33.8 Å². The lowest BCUT2D eigenvalue weighted by atomic mass is 10.0. The van der Waals surface area contributed by atoms with E-state index in [4.69, 9.17) is 9.47 Å². The molecule has 0 aliphatic carbocycles. The van der Waals surface area contributed by atoms with E-state index in [1.807, 2.05) is 0 Å². The first-order chi connectivity index (χ1) is 13.9. The molecule has 1 amide bonds. The van der Waals surface area contributed by atoms with Crippen molar-refractivity contribution in [2.45, 2.75) is 38.1 Å². The molecule has 0 bridgehead atoms. The number of ether oxygens (including phenoxy) is 3. The van der Waals surface area contributed by atoms with Gasteiger partial charge in [-0.15, -0.1) is 0 Å². The van der Waals surface area contributed by atoms with Crippen molar-refractivity contribution in [3.05, 3.63) is 27.8 Å². The van der Waals surface area contributed by atoms with Gasteiger partial charge in [-0.2, -0.15) is 0 Å². The molecule has 160 valence electrons. The van der Waals surface area contributed by atoms with Crippen LogP contribution in [-0.4, -0.2) is 66.8 Å². The molecule has 10 nitrogen and oxygen atoms in total. The molecule has 2 rings (SSSR count). The summed E-state index contributed by atoms with van der Waals surface area (Å²) in [7, 11) is 2.66. The summed E-state index contributed by atoms with van der Waals surface area (Å²) in [6.07, 6.45) is 2.81. The van der Waals surface area contributed by atoms with Crippen molar-refractivity contribution in [2.24, 2.45) is 0 Å². The van der Waals surface area contributed by atoms with Crippen LogP contribution in [0.4, 0.5) is 5.69 Å². The van der Waals surface area contributed by atoms with Gasteiger partial charge in [0.2, 0.25) is 0 Å². The Balaban J connectivity index is 2.27. The maximum absolute atomic E-state index is 13.0. The summed E-state index contributed by atoms with van der Waals surface area (Å²) in [5.74, 6) is -0.619. The number of esters is 1. The Morgan fingerprint density at radius 2 is 2.03 bits per heavy atom. The summed E-state index contributed by atoms with van der Waals surface area (Å²) in [5.41, 5.74) is -0.518. The first-order valence-corrected chi connectivity index (χ1v) is 9.40. The number of carbonyl (C=O) groups is 2. The molecule has 1 heterocycles. The van der Waals surface area contributed by atoms with E-state index in [-0.39, 0.29) is 48.7 Å². The lowest BCUT2D eigenvalue weighted by Crippen LogP contribution is -2.45. The number of likely N-dealkylation sites (tertiary alicyclic amines) is 1. The van der Waals surface area contributed by atoms with Crippen LogP contribution in [0.15, 0.2) is 12.1 Å². The predicted octanol–water partition coefficient (Wildman–Crippen LogP) is 1.92. The van der Waals surface area contributed by atoms with Gasteiger partial charge in [0.05, 0.1) is 44.5 Å². The molecule has 0 saturated carbocycles. The van der Waals surface area contributed by atoms with Crippen LogP contribution in [0.3, 0.4) is 0 Å². The zero-order chi connectivity index (χ0) is 21.4. The summed E-state index contributed by atoms with van der Waals surface area (Å²) in [5, 5.41) is 21.2. The van der Waals surface area contributed by atoms with Gasteiger partial charge in [0, 0.05) is 19.0 Å². The van der Waals surface area contributed by atoms with Crippen molar-refractivity contribution in [1.29, 1.82) is 0 Å². The Hall–Kier alpha value is -2.88. The summed E-state index contributed by atoms with van der Waals surface area (Å²) < 4.78 is 15.3. The molecular formula is C19H26N2O8. The third kappa shape index (κ3) is 5.57. The average Bonchev–Trinajstić information content (AvgIpc) is 2.75. The summed E-state index contributed by atoms with van der Waals surface area (Å²) in [4.78, 5) is 36.6. The molecule has 1 atom stereocenters. The minimum Gasteiger partial charge on any atom is -0.493 e. The summed E-state index contributed by atoms with van der Waals surface area (Å²) in [6, 6.07) is 2.08. The monoisotopic (exact) mass is 410 g/mol. The van der Waals surface area contributed by atoms with Crippen molar-refractivity contribution in [2.75, 3.05) is 34.0 Å². The van der Waals surface area contributed by atoms with Crippen molar-refractivity contribution in [3.8, 4) is 11.5 Å². The zero-order valence-electron chi connectivity index (χ0n) is 16.6. The quantitative estimate of drug-likeness (QED) is 0.283. The standard InChI is InChI=1S/C19H26N2O8/c1-27-16-10-14(19(24)20-8-4-3-6-13(20)12-22)15(21(25)26)11-17(16)29-9-5-7-18(23)28-2/h10-11,13,22H,3-9,12H2,1-2H3.